The Kier molecular flexibility index (Phi) is 3.25. The molecule has 1 aromatic carbocycles. The van der Waals surface area contributed by atoms with Gasteiger partial charge in [0.15, 0.2) is 0 Å². The molecule has 0 spiro atoms. The van der Waals surface area contributed by atoms with Gasteiger partial charge in [0.2, 0.25) is 0 Å². The lowest BCUT2D eigenvalue weighted by Crippen LogP contribution is -1.81. The van der Waals surface area contributed by atoms with E-state index in [1.54, 1.807) is 24.0 Å². The summed E-state index contributed by atoms with van der Waals surface area (Å²) in [5.74, 6) is 1.16. The van der Waals surface area contributed by atoms with Crippen LogP contribution in [-0.2, 0) is 5.75 Å². The van der Waals surface area contributed by atoms with Crippen LogP contribution >= 0.6 is 11.8 Å². The molecular weight excluding hydrogens is 206 g/mol. The van der Waals surface area contributed by atoms with Crippen LogP contribution in [0.2, 0.25) is 0 Å². The van der Waals surface area contributed by atoms with E-state index in [1.807, 2.05) is 36.5 Å². The van der Waals surface area contributed by atoms with Crippen LogP contribution in [0.15, 0.2) is 53.7 Å². The number of nitrogens with zero attached hydrogens (tertiary/aromatic N) is 1. The third-order valence-electron chi connectivity index (χ3n) is 1.98. The van der Waals surface area contributed by atoms with Gasteiger partial charge < -0.3 is 5.11 Å². The molecule has 76 valence electrons. The predicted octanol–water partition coefficient (Wildman–Crippen LogP) is 3.08. The molecular formula is C12H11NOS. The van der Waals surface area contributed by atoms with Crippen molar-refractivity contribution in [2.75, 3.05) is 0 Å². The number of phenols is 1. The van der Waals surface area contributed by atoms with Crippen molar-refractivity contribution in [2.24, 2.45) is 0 Å². The number of hydrogen-bond acceptors (Lipinski definition) is 3. The monoisotopic (exact) mass is 217 g/mol. The fourth-order valence-electron chi connectivity index (χ4n) is 1.22. The van der Waals surface area contributed by atoms with E-state index < -0.39 is 0 Å². The number of aromatic hydroxyl groups is 1. The van der Waals surface area contributed by atoms with Gasteiger partial charge in [0.1, 0.15) is 5.75 Å². The van der Waals surface area contributed by atoms with Crippen molar-refractivity contribution in [3.63, 3.8) is 0 Å². The summed E-state index contributed by atoms with van der Waals surface area (Å²) in [6, 6.07) is 11.3. The molecule has 0 saturated heterocycles. The van der Waals surface area contributed by atoms with E-state index in [0.29, 0.717) is 5.75 Å². The third-order valence-corrected chi connectivity index (χ3v) is 3.12. The summed E-state index contributed by atoms with van der Waals surface area (Å²) in [5, 5.41) is 9.55. The second-order valence-electron chi connectivity index (χ2n) is 3.12. The van der Waals surface area contributed by atoms with Crippen molar-refractivity contribution >= 4 is 11.8 Å². The number of aromatic nitrogens is 1. The van der Waals surface area contributed by atoms with Gasteiger partial charge in [0, 0.05) is 23.0 Å². The van der Waals surface area contributed by atoms with Crippen molar-refractivity contribution in [1.82, 2.24) is 4.98 Å². The number of rotatable bonds is 3. The van der Waals surface area contributed by atoms with Crippen LogP contribution < -0.4 is 0 Å². The number of benzene rings is 1. The van der Waals surface area contributed by atoms with Crippen molar-refractivity contribution in [3.8, 4) is 5.75 Å². The van der Waals surface area contributed by atoms with Crippen molar-refractivity contribution in [2.45, 2.75) is 10.6 Å². The fourth-order valence-corrected chi connectivity index (χ4v) is 2.11. The molecule has 1 N–H and O–H groups in total. The Hall–Kier alpha value is -1.48. The van der Waals surface area contributed by atoms with E-state index >= 15 is 0 Å². The molecule has 0 aliphatic heterocycles. The molecule has 2 aromatic rings. The first kappa shape index (κ1) is 10.1. The summed E-state index contributed by atoms with van der Waals surface area (Å²) < 4.78 is 0. The van der Waals surface area contributed by atoms with Gasteiger partial charge in [-0.2, -0.15) is 0 Å². The van der Waals surface area contributed by atoms with Crippen molar-refractivity contribution < 1.29 is 5.11 Å². The Morgan fingerprint density at radius 3 is 2.73 bits per heavy atom. The second kappa shape index (κ2) is 4.84. The highest BCUT2D eigenvalue weighted by atomic mass is 32.2. The summed E-state index contributed by atoms with van der Waals surface area (Å²) in [5.41, 5.74) is 1.16. The summed E-state index contributed by atoms with van der Waals surface area (Å²) in [4.78, 5) is 4.95. The zero-order chi connectivity index (χ0) is 10.5. The molecule has 0 amide bonds. The molecule has 0 unspecified atom stereocenters. The number of thioether (sulfide) groups is 1. The van der Waals surface area contributed by atoms with Crippen LogP contribution in [0.25, 0.3) is 0 Å². The molecule has 3 heteroatoms. The van der Waals surface area contributed by atoms with Crippen LogP contribution in [-0.4, -0.2) is 10.1 Å². The Balaban J connectivity index is 2.03. The largest absolute Gasteiger partial charge is 0.507 e. The molecule has 0 saturated carbocycles. The lowest BCUT2D eigenvalue weighted by Gasteiger charge is -2.03. The zero-order valence-corrected chi connectivity index (χ0v) is 8.95. The fraction of sp³-hybridized carbons (Fsp3) is 0.0833. The maximum absolute atomic E-state index is 9.55. The number of phenolic OH excluding ortho intramolecular Hbond substituents is 1. The van der Waals surface area contributed by atoms with Crippen LogP contribution in [0.1, 0.15) is 5.56 Å². The molecule has 0 radical (unpaired) electrons. The average Bonchev–Trinajstić information content (AvgIpc) is 2.29. The highest BCUT2D eigenvalue weighted by Gasteiger charge is 2.00. The lowest BCUT2D eigenvalue weighted by atomic mass is 10.3. The molecule has 1 heterocycles. The summed E-state index contributed by atoms with van der Waals surface area (Å²) in [7, 11) is 0. The Morgan fingerprint density at radius 2 is 2.00 bits per heavy atom. The summed E-state index contributed by atoms with van der Waals surface area (Å²) in [6.07, 6.45) is 3.60. The van der Waals surface area contributed by atoms with E-state index in [0.717, 1.165) is 16.2 Å². The van der Waals surface area contributed by atoms with Crippen LogP contribution in [0.5, 0.6) is 5.75 Å². The molecule has 0 aliphatic carbocycles. The molecule has 0 aliphatic rings. The molecule has 2 nitrogen and oxygen atoms in total. The topological polar surface area (TPSA) is 33.1 Å². The van der Waals surface area contributed by atoms with E-state index in [2.05, 4.69) is 4.98 Å². The van der Waals surface area contributed by atoms with E-state index in [-0.39, 0.29) is 0 Å². The summed E-state index contributed by atoms with van der Waals surface area (Å²) >= 11 is 1.61. The zero-order valence-electron chi connectivity index (χ0n) is 8.13. The van der Waals surface area contributed by atoms with Crippen LogP contribution in [0, 0.1) is 0 Å². The van der Waals surface area contributed by atoms with Crippen LogP contribution in [0.3, 0.4) is 0 Å². The van der Waals surface area contributed by atoms with Crippen LogP contribution in [0.4, 0.5) is 0 Å². The Labute approximate surface area is 93.0 Å². The van der Waals surface area contributed by atoms with Gasteiger partial charge in [-0.05, 0) is 23.8 Å². The van der Waals surface area contributed by atoms with Crippen molar-refractivity contribution in [3.05, 3.63) is 54.4 Å². The minimum Gasteiger partial charge on any atom is -0.507 e. The van der Waals surface area contributed by atoms with E-state index in [4.69, 9.17) is 0 Å². The van der Waals surface area contributed by atoms with Gasteiger partial charge in [-0.3, -0.25) is 4.98 Å². The standard InChI is InChI=1S/C12H11NOS/c14-11-5-1-2-6-12(11)15-9-10-4-3-7-13-8-10/h1-8,14H,9H2. The number of pyridine rings is 1. The molecule has 0 fully saturated rings. The number of para-hydroxylation sites is 1. The highest BCUT2D eigenvalue weighted by Crippen LogP contribution is 2.29. The molecule has 15 heavy (non-hydrogen) atoms. The SMILES string of the molecule is Oc1ccccc1SCc1cccnc1. The maximum atomic E-state index is 9.55. The van der Waals surface area contributed by atoms with Gasteiger partial charge >= 0.3 is 0 Å². The quantitative estimate of drug-likeness (QED) is 0.802. The smallest absolute Gasteiger partial charge is 0.129 e. The average molecular weight is 217 g/mol. The first-order chi connectivity index (χ1) is 7.36. The third kappa shape index (κ3) is 2.73. The van der Waals surface area contributed by atoms with Gasteiger partial charge in [-0.1, -0.05) is 18.2 Å². The first-order valence-corrected chi connectivity index (χ1v) is 5.64. The minimum atomic E-state index is 0.339. The highest BCUT2D eigenvalue weighted by molar-refractivity contribution is 7.98. The maximum Gasteiger partial charge on any atom is 0.129 e. The molecule has 2 rings (SSSR count). The second-order valence-corrected chi connectivity index (χ2v) is 4.13. The Bertz CT molecular complexity index is 431. The normalized spacial score (nSPS) is 10.1. The van der Waals surface area contributed by atoms with Crippen molar-refractivity contribution in [1.29, 1.82) is 0 Å². The predicted molar refractivity (Wildman–Crippen MR) is 61.9 cm³/mol. The molecule has 0 atom stereocenters. The van der Waals surface area contributed by atoms with Gasteiger partial charge in [0.05, 0.1) is 0 Å². The van der Waals surface area contributed by atoms with Gasteiger partial charge in [-0.15, -0.1) is 11.8 Å². The number of hydrogen-bond donors (Lipinski definition) is 1. The first-order valence-electron chi connectivity index (χ1n) is 4.66. The van der Waals surface area contributed by atoms with Gasteiger partial charge in [-0.25, -0.2) is 0 Å². The van der Waals surface area contributed by atoms with Gasteiger partial charge in [0.25, 0.3) is 0 Å². The minimum absolute atomic E-state index is 0.339. The molecule has 0 bridgehead atoms. The Morgan fingerprint density at radius 1 is 1.13 bits per heavy atom. The molecule has 1 aromatic heterocycles. The van der Waals surface area contributed by atoms with E-state index in [9.17, 15) is 5.11 Å². The lowest BCUT2D eigenvalue weighted by molar-refractivity contribution is 0.462. The summed E-state index contributed by atoms with van der Waals surface area (Å²) in [6.45, 7) is 0. The van der Waals surface area contributed by atoms with E-state index in [1.165, 1.54) is 0 Å².